The molecule has 32 heavy (non-hydrogen) atoms. The number of esters is 1. The number of ketones is 2. The van der Waals surface area contributed by atoms with Gasteiger partial charge in [0.1, 0.15) is 5.82 Å². The Morgan fingerprint density at radius 2 is 1.69 bits per heavy atom. The van der Waals surface area contributed by atoms with Gasteiger partial charge in [0.2, 0.25) is 0 Å². The van der Waals surface area contributed by atoms with Gasteiger partial charge in [0, 0.05) is 22.9 Å². The van der Waals surface area contributed by atoms with Crippen LogP contribution in [0.2, 0.25) is 5.02 Å². The van der Waals surface area contributed by atoms with Gasteiger partial charge in [-0.15, -0.1) is 0 Å². The lowest BCUT2D eigenvalue weighted by Gasteiger charge is -2.20. The summed E-state index contributed by atoms with van der Waals surface area (Å²) in [6.07, 6.45) is 0.173. The predicted octanol–water partition coefficient (Wildman–Crippen LogP) is 3.28. The van der Waals surface area contributed by atoms with Crippen LogP contribution in [0.25, 0.3) is 0 Å². The Balaban J connectivity index is 1.56. The van der Waals surface area contributed by atoms with E-state index >= 15 is 0 Å². The molecule has 0 bridgehead atoms. The van der Waals surface area contributed by atoms with Gasteiger partial charge in [0.25, 0.3) is 5.91 Å². The van der Waals surface area contributed by atoms with E-state index in [4.69, 9.17) is 22.1 Å². The zero-order valence-electron chi connectivity index (χ0n) is 16.7. The van der Waals surface area contributed by atoms with Crippen LogP contribution in [0.3, 0.4) is 0 Å². The van der Waals surface area contributed by atoms with Crippen molar-refractivity contribution in [2.45, 2.75) is 13.0 Å². The zero-order valence-corrected chi connectivity index (χ0v) is 17.5. The first-order valence-corrected chi connectivity index (χ1v) is 9.90. The minimum absolute atomic E-state index is 0.0504. The summed E-state index contributed by atoms with van der Waals surface area (Å²) < 4.78 is 5.22. The van der Waals surface area contributed by atoms with Crippen molar-refractivity contribution in [1.82, 2.24) is 4.98 Å². The number of aromatic nitrogens is 1. The molecule has 0 unspecified atom stereocenters. The molecular weight excluding hydrogens is 434 g/mol. The molecule has 1 atom stereocenters. The number of hydrogen-bond acceptors (Lipinski definition) is 7. The largest absolute Gasteiger partial charge is 0.449 e. The summed E-state index contributed by atoms with van der Waals surface area (Å²) in [4.78, 5) is 54.6. The van der Waals surface area contributed by atoms with Crippen LogP contribution in [-0.2, 0) is 9.53 Å². The Hall–Kier alpha value is -4.04. The number of nitrogens with zero attached hydrogens (tertiary/aromatic N) is 1. The zero-order chi connectivity index (χ0) is 23.0. The lowest BCUT2D eigenvalue weighted by molar-refractivity contribution is -0.123. The maximum absolute atomic E-state index is 12.9. The fourth-order valence-corrected chi connectivity index (χ4v) is 3.46. The molecular formula is C23H16ClN3O5. The monoisotopic (exact) mass is 449 g/mol. The van der Waals surface area contributed by atoms with Crippen molar-refractivity contribution in [3.05, 3.63) is 87.6 Å². The third kappa shape index (κ3) is 3.72. The Morgan fingerprint density at radius 1 is 1.00 bits per heavy atom. The first-order valence-electron chi connectivity index (χ1n) is 9.52. The molecule has 160 valence electrons. The number of pyridine rings is 1. The highest BCUT2D eigenvalue weighted by molar-refractivity contribution is 6.31. The minimum Gasteiger partial charge on any atom is -0.449 e. The number of halogens is 1. The maximum Gasteiger partial charge on any atom is 0.341 e. The average molecular weight is 450 g/mol. The second kappa shape index (κ2) is 8.24. The van der Waals surface area contributed by atoms with Crippen molar-refractivity contribution in [2.75, 3.05) is 11.1 Å². The molecule has 1 heterocycles. The molecule has 0 aliphatic heterocycles. The highest BCUT2D eigenvalue weighted by Gasteiger charge is 2.33. The number of nitrogens with two attached hydrogens (primary N) is 1. The first kappa shape index (κ1) is 21.2. The van der Waals surface area contributed by atoms with Crippen molar-refractivity contribution in [3.63, 3.8) is 0 Å². The molecule has 0 fully saturated rings. The molecule has 1 amide bonds. The molecule has 1 aliphatic rings. The number of anilines is 2. The molecule has 0 saturated carbocycles. The molecule has 4 rings (SSSR count). The second-order valence-corrected chi connectivity index (χ2v) is 7.49. The molecule has 0 radical (unpaired) electrons. The minimum atomic E-state index is -1.19. The topological polar surface area (TPSA) is 128 Å². The lowest BCUT2D eigenvalue weighted by atomic mass is 9.82. The number of nitrogen functional groups attached to an aromatic ring is 1. The van der Waals surface area contributed by atoms with Gasteiger partial charge in [-0.1, -0.05) is 35.9 Å². The van der Waals surface area contributed by atoms with Crippen LogP contribution in [0.15, 0.2) is 54.7 Å². The van der Waals surface area contributed by atoms with Gasteiger partial charge in [0.15, 0.2) is 17.7 Å². The van der Waals surface area contributed by atoms with Gasteiger partial charge in [-0.05, 0) is 31.2 Å². The number of carbonyl (C=O) groups excluding carboxylic acids is 4. The van der Waals surface area contributed by atoms with Crippen LogP contribution < -0.4 is 11.1 Å². The third-order valence-electron chi connectivity index (χ3n) is 4.99. The summed E-state index contributed by atoms with van der Waals surface area (Å²) in [7, 11) is 0. The fraction of sp³-hybridized carbons (Fsp3) is 0.0870. The van der Waals surface area contributed by atoms with Crippen molar-refractivity contribution < 1.29 is 23.9 Å². The normalized spacial score (nSPS) is 13.1. The van der Waals surface area contributed by atoms with Crippen molar-refractivity contribution in [1.29, 1.82) is 0 Å². The highest BCUT2D eigenvalue weighted by Crippen LogP contribution is 2.33. The van der Waals surface area contributed by atoms with Crippen LogP contribution in [-0.4, -0.2) is 34.5 Å². The molecule has 9 heteroatoms. The second-order valence-electron chi connectivity index (χ2n) is 7.05. The summed E-state index contributed by atoms with van der Waals surface area (Å²) in [6.45, 7) is 1.38. The fourth-order valence-electron chi connectivity index (χ4n) is 3.35. The van der Waals surface area contributed by atoms with Gasteiger partial charge < -0.3 is 15.8 Å². The molecule has 0 saturated heterocycles. The quantitative estimate of drug-likeness (QED) is 0.361. The van der Waals surface area contributed by atoms with Gasteiger partial charge >= 0.3 is 5.97 Å². The SMILES string of the molecule is C[C@H](OC(=O)c1ccc2c(c1N)C(=O)c1ccccc1C2=O)C(=O)Nc1ccc(Cl)cn1. The number of nitrogens with one attached hydrogen (secondary N) is 1. The van der Waals surface area contributed by atoms with E-state index in [1.54, 1.807) is 24.3 Å². The van der Waals surface area contributed by atoms with Crippen molar-refractivity contribution in [2.24, 2.45) is 0 Å². The summed E-state index contributed by atoms with van der Waals surface area (Å²) in [6, 6.07) is 12.1. The van der Waals surface area contributed by atoms with Gasteiger partial charge in [-0.3, -0.25) is 14.4 Å². The Kier molecular flexibility index (Phi) is 5.46. The summed E-state index contributed by atoms with van der Waals surface area (Å²) in [5, 5.41) is 2.90. The van der Waals surface area contributed by atoms with Gasteiger partial charge in [0.05, 0.1) is 21.8 Å². The van der Waals surface area contributed by atoms with Gasteiger partial charge in [-0.25, -0.2) is 9.78 Å². The van der Waals surface area contributed by atoms with Gasteiger partial charge in [-0.2, -0.15) is 0 Å². The number of ether oxygens (including phenoxy) is 1. The Labute approximate surface area is 187 Å². The molecule has 1 aromatic heterocycles. The molecule has 0 spiro atoms. The summed E-state index contributed by atoms with van der Waals surface area (Å²) in [5.74, 6) is -2.11. The number of carbonyl (C=O) groups is 4. The Morgan fingerprint density at radius 3 is 2.34 bits per heavy atom. The number of hydrogen-bond donors (Lipinski definition) is 2. The van der Waals surface area contributed by atoms with Crippen molar-refractivity contribution in [3.8, 4) is 0 Å². The summed E-state index contributed by atoms with van der Waals surface area (Å²) in [5.41, 5.74) is 6.37. The molecule has 3 aromatic rings. The average Bonchev–Trinajstić information content (AvgIpc) is 2.78. The third-order valence-corrected chi connectivity index (χ3v) is 5.21. The van der Waals surface area contributed by atoms with Crippen LogP contribution in [0, 0.1) is 0 Å². The van der Waals surface area contributed by atoms with E-state index in [1.165, 1.54) is 37.4 Å². The summed E-state index contributed by atoms with van der Waals surface area (Å²) >= 11 is 5.76. The lowest BCUT2D eigenvalue weighted by Crippen LogP contribution is -2.31. The van der Waals surface area contributed by atoms with E-state index < -0.39 is 23.8 Å². The first-order chi connectivity index (χ1) is 15.3. The Bertz CT molecular complexity index is 1290. The molecule has 3 N–H and O–H groups in total. The van der Waals surface area contributed by atoms with Crippen LogP contribution in [0.1, 0.15) is 49.1 Å². The molecule has 1 aliphatic carbocycles. The molecule has 8 nitrogen and oxygen atoms in total. The number of amides is 1. The standard InChI is InChI=1S/C23H16ClN3O5/c1-11(22(30)27-17-9-6-12(24)10-26-17)32-23(31)16-8-7-15-18(19(16)25)21(29)14-5-3-2-4-13(14)20(15)28/h2-11H,25H2,1H3,(H,26,27,30)/t11-/m0/s1. The van der Waals surface area contributed by atoms with E-state index in [0.717, 1.165) is 0 Å². The van der Waals surface area contributed by atoms with E-state index in [-0.39, 0.29) is 45.1 Å². The highest BCUT2D eigenvalue weighted by atomic mass is 35.5. The van der Waals surface area contributed by atoms with E-state index in [1.807, 2.05) is 0 Å². The van der Waals surface area contributed by atoms with Crippen molar-refractivity contribution >= 4 is 46.5 Å². The van der Waals surface area contributed by atoms with E-state index in [9.17, 15) is 19.2 Å². The van der Waals surface area contributed by atoms with E-state index in [0.29, 0.717) is 5.02 Å². The van der Waals surface area contributed by atoms with Crippen LogP contribution in [0.4, 0.5) is 11.5 Å². The maximum atomic E-state index is 12.9. The number of fused-ring (bicyclic) bond motifs is 2. The van der Waals surface area contributed by atoms with Crippen LogP contribution in [0.5, 0.6) is 0 Å². The number of rotatable bonds is 4. The van der Waals surface area contributed by atoms with E-state index in [2.05, 4.69) is 10.3 Å². The predicted molar refractivity (Wildman–Crippen MR) is 117 cm³/mol. The van der Waals surface area contributed by atoms with Crippen LogP contribution >= 0.6 is 11.6 Å². The molecule has 2 aromatic carbocycles. The smallest absolute Gasteiger partial charge is 0.341 e. The number of benzene rings is 2.